The Labute approximate surface area is 131 Å². The fraction of sp³-hybridized carbons (Fsp3) is 0.333. The Balaban J connectivity index is 1.88. The highest BCUT2D eigenvalue weighted by atomic mass is 16.5. The molecule has 0 aliphatic rings. The predicted molar refractivity (Wildman–Crippen MR) is 86.5 cm³/mol. The van der Waals surface area contributed by atoms with Gasteiger partial charge in [0.05, 0.1) is 6.04 Å². The number of carbonyl (C=O) groups is 1. The lowest BCUT2D eigenvalue weighted by atomic mass is 10.1. The van der Waals surface area contributed by atoms with Crippen molar-refractivity contribution in [2.45, 2.75) is 39.3 Å². The number of aromatic nitrogens is 1. The third kappa shape index (κ3) is 4.88. The number of rotatable bonds is 7. The van der Waals surface area contributed by atoms with Crippen LogP contribution in [0.4, 0.5) is 0 Å². The van der Waals surface area contributed by atoms with Crippen LogP contribution in [0.5, 0.6) is 5.75 Å². The summed E-state index contributed by atoms with van der Waals surface area (Å²) in [5.41, 5.74) is 2.10. The quantitative estimate of drug-likeness (QED) is 0.849. The van der Waals surface area contributed by atoms with Gasteiger partial charge in [-0.15, -0.1) is 0 Å². The summed E-state index contributed by atoms with van der Waals surface area (Å²) in [6.45, 7) is 4.48. The molecule has 0 saturated heterocycles. The number of benzene rings is 1. The average Bonchev–Trinajstić information content (AvgIpc) is 2.54. The van der Waals surface area contributed by atoms with Crippen LogP contribution in [0.15, 0.2) is 48.8 Å². The second-order valence-electron chi connectivity index (χ2n) is 5.26. The maximum atomic E-state index is 11.6. The summed E-state index contributed by atoms with van der Waals surface area (Å²) in [4.78, 5) is 15.7. The summed E-state index contributed by atoms with van der Waals surface area (Å²) in [7, 11) is 0. The molecule has 0 bridgehead atoms. The van der Waals surface area contributed by atoms with E-state index in [2.05, 4.69) is 10.3 Å². The average molecular weight is 298 g/mol. The van der Waals surface area contributed by atoms with Crippen molar-refractivity contribution in [2.75, 3.05) is 0 Å². The Hall–Kier alpha value is -2.36. The monoisotopic (exact) mass is 298 g/mol. The second-order valence-corrected chi connectivity index (χ2v) is 5.26. The topological polar surface area (TPSA) is 51.2 Å². The molecule has 0 unspecified atom stereocenters. The standard InChI is InChI=1S/C18H22N2O2/c1-3-5-18(21)20-14(2)16-7-9-17(10-8-16)22-13-15-6-4-11-19-12-15/h4,6-12,14H,3,5,13H2,1-2H3,(H,20,21)/t14-/m0/s1. The van der Waals surface area contributed by atoms with Crippen molar-refractivity contribution in [1.82, 2.24) is 10.3 Å². The molecule has 22 heavy (non-hydrogen) atoms. The van der Waals surface area contributed by atoms with Gasteiger partial charge in [-0.1, -0.05) is 25.1 Å². The Morgan fingerprint density at radius 1 is 1.27 bits per heavy atom. The van der Waals surface area contributed by atoms with Gasteiger partial charge in [0.2, 0.25) is 5.91 Å². The molecular formula is C18H22N2O2. The molecule has 0 spiro atoms. The lowest BCUT2D eigenvalue weighted by Crippen LogP contribution is -2.26. The van der Waals surface area contributed by atoms with Gasteiger partial charge in [0.25, 0.3) is 0 Å². The summed E-state index contributed by atoms with van der Waals surface area (Å²) in [6, 6.07) is 11.7. The van der Waals surface area contributed by atoms with Gasteiger partial charge < -0.3 is 10.1 Å². The predicted octanol–water partition coefficient (Wildman–Crippen LogP) is 3.64. The lowest BCUT2D eigenvalue weighted by Gasteiger charge is -2.15. The van der Waals surface area contributed by atoms with Gasteiger partial charge in [-0.05, 0) is 37.1 Å². The molecule has 1 heterocycles. The molecule has 4 heteroatoms. The van der Waals surface area contributed by atoms with Crippen LogP contribution >= 0.6 is 0 Å². The molecule has 0 radical (unpaired) electrons. The van der Waals surface area contributed by atoms with E-state index < -0.39 is 0 Å². The van der Waals surface area contributed by atoms with Gasteiger partial charge in [-0.25, -0.2) is 0 Å². The Kier molecular flexibility index (Phi) is 5.95. The second kappa shape index (κ2) is 8.17. The number of nitrogens with zero attached hydrogens (tertiary/aromatic N) is 1. The number of hydrogen-bond donors (Lipinski definition) is 1. The Morgan fingerprint density at radius 2 is 2.05 bits per heavy atom. The molecule has 0 fully saturated rings. The van der Waals surface area contributed by atoms with E-state index in [1.165, 1.54) is 0 Å². The van der Waals surface area contributed by atoms with E-state index in [-0.39, 0.29) is 11.9 Å². The highest BCUT2D eigenvalue weighted by molar-refractivity contribution is 5.76. The number of pyridine rings is 1. The molecule has 0 aliphatic carbocycles. The van der Waals surface area contributed by atoms with Crippen molar-refractivity contribution in [3.63, 3.8) is 0 Å². The highest BCUT2D eigenvalue weighted by Gasteiger charge is 2.08. The van der Waals surface area contributed by atoms with Crippen LogP contribution in [0.3, 0.4) is 0 Å². The zero-order valence-electron chi connectivity index (χ0n) is 13.1. The van der Waals surface area contributed by atoms with Crippen LogP contribution in [-0.4, -0.2) is 10.9 Å². The zero-order chi connectivity index (χ0) is 15.8. The molecule has 4 nitrogen and oxygen atoms in total. The van der Waals surface area contributed by atoms with Gasteiger partial charge in [-0.3, -0.25) is 9.78 Å². The van der Waals surface area contributed by atoms with Crippen molar-refractivity contribution in [3.05, 3.63) is 59.9 Å². The van der Waals surface area contributed by atoms with Crippen molar-refractivity contribution >= 4 is 5.91 Å². The molecule has 1 aromatic carbocycles. The van der Waals surface area contributed by atoms with Crippen LogP contribution in [-0.2, 0) is 11.4 Å². The number of nitrogens with one attached hydrogen (secondary N) is 1. The highest BCUT2D eigenvalue weighted by Crippen LogP contribution is 2.18. The van der Waals surface area contributed by atoms with Gasteiger partial charge >= 0.3 is 0 Å². The molecular weight excluding hydrogens is 276 g/mol. The maximum absolute atomic E-state index is 11.6. The van der Waals surface area contributed by atoms with Crippen molar-refractivity contribution in [2.24, 2.45) is 0 Å². The van der Waals surface area contributed by atoms with Gasteiger partial charge in [0.15, 0.2) is 0 Å². The summed E-state index contributed by atoms with van der Waals surface area (Å²) in [5, 5.41) is 2.99. The van der Waals surface area contributed by atoms with E-state index in [1.54, 1.807) is 12.4 Å². The number of ether oxygens (including phenoxy) is 1. The molecule has 1 atom stereocenters. The van der Waals surface area contributed by atoms with Crippen LogP contribution < -0.4 is 10.1 Å². The van der Waals surface area contributed by atoms with Crippen LogP contribution in [0.1, 0.15) is 43.9 Å². The van der Waals surface area contributed by atoms with Crippen molar-refractivity contribution in [3.8, 4) is 5.75 Å². The first-order valence-electron chi connectivity index (χ1n) is 7.60. The molecule has 0 aliphatic heterocycles. The molecule has 0 saturated carbocycles. The Bertz CT molecular complexity index is 582. The molecule has 2 aromatic rings. The van der Waals surface area contributed by atoms with Gasteiger partial charge in [-0.2, -0.15) is 0 Å². The third-order valence-electron chi connectivity index (χ3n) is 3.36. The maximum Gasteiger partial charge on any atom is 0.220 e. The first-order chi connectivity index (χ1) is 10.7. The molecule has 1 N–H and O–H groups in total. The number of carbonyl (C=O) groups excluding carboxylic acids is 1. The summed E-state index contributed by atoms with van der Waals surface area (Å²) >= 11 is 0. The van der Waals surface area contributed by atoms with Crippen LogP contribution in [0.25, 0.3) is 0 Å². The minimum atomic E-state index is 0.00595. The van der Waals surface area contributed by atoms with E-state index in [0.29, 0.717) is 13.0 Å². The molecule has 116 valence electrons. The van der Waals surface area contributed by atoms with Gasteiger partial charge in [0, 0.05) is 24.4 Å². The van der Waals surface area contributed by atoms with E-state index in [9.17, 15) is 4.79 Å². The molecule has 1 aromatic heterocycles. The SMILES string of the molecule is CCCC(=O)N[C@@H](C)c1ccc(OCc2cccnc2)cc1. The number of amides is 1. The fourth-order valence-corrected chi connectivity index (χ4v) is 2.13. The zero-order valence-corrected chi connectivity index (χ0v) is 13.1. The van der Waals surface area contributed by atoms with E-state index >= 15 is 0 Å². The van der Waals surface area contributed by atoms with Crippen LogP contribution in [0.2, 0.25) is 0 Å². The van der Waals surface area contributed by atoms with Crippen LogP contribution in [0, 0.1) is 0 Å². The smallest absolute Gasteiger partial charge is 0.220 e. The molecule has 1 amide bonds. The van der Waals surface area contributed by atoms with E-state index in [1.807, 2.05) is 50.2 Å². The first kappa shape index (κ1) is 16.0. The Morgan fingerprint density at radius 3 is 2.68 bits per heavy atom. The summed E-state index contributed by atoms with van der Waals surface area (Å²) in [5.74, 6) is 0.895. The van der Waals surface area contributed by atoms with Crippen molar-refractivity contribution < 1.29 is 9.53 Å². The van der Waals surface area contributed by atoms with E-state index in [4.69, 9.17) is 4.74 Å². The van der Waals surface area contributed by atoms with E-state index in [0.717, 1.165) is 23.3 Å². The largest absolute Gasteiger partial charge is 0.489 e. The normalized spacial score (nSPS) is 11.7. The minimum absolute atomic E-state index is 0.00595. The van der Waals surface area contributed by atoms with Crippen molar-refractivity contribution in [1.29, 1.82) is 0 Å². The fourth-order valence-electron chi connectivity index (χ4n) is 2.13. The number of hydrogen-bond acceptors (Lipinski definition) is 3. The third-order valence-corrected chi connectivity index (χ3v) is 3.36. The molecule has 2 rings (SSSR count). The summed E-state index contributed by atoms with van der Waals surface area (Å²) < 4.78 is 5.72. The minimum Gasteiger partial charge on any atom is -0.489 e. The lowest BCUT2D eigenvalue weighted by molar-refractivity contribution is -0.121. The first-order valence-corrected chi connectivity index (χ1v) is 7.60. The van der Waals surface area contributed by atoms with Gasteiger partial charge in [0.1, 0.15) is 12.4 Å². The summed E-state index contributed by atoms with van der Waals surface area (Å²) in [6.07, 6.45) is 4.96.